The van der Waals surface area contributed by atoms with Crippen LogP contribution in [-0.4, -0.2) is 11.1 Å². The number of Topliss-reactive ketones (excluding diaryl/α,β-unsaturated/α-hetero) is 1. The standard InChI is InChI=1S/C8H8BrFN2O/c9-3-8(13)4-1-7(12)5(10)2-6(4)11/h1-2H,3,11-12H2. The summed E-state index contributed by atoms with van der Waals surface area (Å²) in [4.78, 5) is 11.2. The van der Waals surface area contributed by atoms with Gasteiger partial charge < -0.3 is 11.5 Å². The highest BCUT2D eigenvalue weighted by Gasteiger charge is 2.11. The summed E-state index contributed by atoms with van der Waals surface area (Å²) in [5.74, 6) is -0.826. The first-order valence-electron chi connectivity index (χ1n) is 3.50. The van der Waals surface area contributed by atoms with E-state index in [1.807, 2.05) is 0 Å². The number of nitrogen functional groups attached to an aromatic ring is 2. The highest BCUT2D eigenvalue weighted by Crippen LogP contribution is 2.20. The number of carbonyl (C=O) groups is 1. The number of benzene rings is 1. The molecule has 70 valence electrons. The minimum Gasteiger partial charge on any atom is -0.398 e. The Morgan fingerprint density at radius 3 is 2.54 bits per heavy atom. The Morgan fingerprint density at radius 2 is 2.00 bits per heavy atom. The van der Waals surface area contributed by atoms with Gasteiger partial charge in [-0.25, -0.2) is 4.39 Å². The van der Waals surface area contributed by atoms with Crippen LogP contribution in [0.25, 0.3) is 0 Å². The SMILES string of the molecule is Nc1cc(C(=O)CBr)c(N)cc1F. The van der Waals surface area contributed by atoms with Gasteiger partial charge in [0.2, 0.25) is 0 Å². The van der Waals surface area contributed by atoms with Crippen molar-refractivity contribution in [2.45, 2.75) is 0 Å². The van der Waals surface area contributed by atoms with E-state index < -0.39 is 5.82 Å². The Labute approximate surface area is 83.0 Å². The molecule has 0 unspecified atom stereocenters. The molecule has 4 N–H and O–H groups in total. The lowest BCUT2D eigenvalue weighted by Gasteiger charge is -2.04. The van der Waals surface area contributed by atoms with E-state index in [4.69, 9.17) is 11.5 Å². The van der Waals surface area contributed by atoms with E-state index in [1.54, 1.807) is 0 Å². The maximum Gasteiger partial charge on any atom is 0.175 e. The van der Waals surface area contributed by atoms with E-state index in [9.17, 15) is 9.18 Å². The Hall–Kier alpha value is -1.10. The van der Waals surface area contributed by atoms with Crippen molar-refractivity contribution in [3.05, 3.63) is 23.5 Å². The molecule has 0 atom stereocenters. The number of hydrogen-bond donors (Lipinski definition) is 2. The normalized spacial score (nSPS) is 10.0. The van der Waals surface area contributed by atoms with Crippen molar-refractivity contribution in [1.82, 2.24) is 0 Å². The molecule has 5 heteroatoms. The van der Waals surface area contributed by atoms with Crippen molar-refractivity contribution in [1.29, 1.82) is 0 Å². The van der Waals surface area contributed by atoms with E-state index in [2.05, 4.69) is 15.9 Å². The third-order valence-corrected chi connectivity index (χ3v) is 2.10. The van der Waals surface area contributed by atoms with Crippen molar-refractivity contribution >= 4 is 33.1 Å². The molecule has 3 nitrogen and oxygen atoms in total. The molecular weight excluding hydrogens is 239 g/mol. The second kappa shape index (κ2) is 3.74. The molecule has 0 bridgehead atoms. The van der Waals surface area contributed by atoms with Crippen LogP contribution < -0.4 is 11.5 Å². The first kappa shape index (κ1) is 9.98. The Bertz CT molecular complexity index is 354. The number of ketones is 1. The first-order valence-corrected chi connectivity index (χ1v) is 4.62. The lowest BCUT2D eigenvalue weighted by molar-refractivity contribution is 0.102. The van der Waals surface area contributed by atoms with Crippen LogP contribution in [0.5, 0.6) is 0 Å². The van der Waals surface area contributed by atoms with E-state index in [1.165, 1.54) is 6.07 Å². The summed E-state index contributed by atoms with van der Waals surface area (Å²) in [6, 6.07) is 2.29. The number of anilines is 2. The van der Waals surface area contributed by atoms with Crippen molar-refractivity contribution < 1.29 is 9.18 Å². The van der Waals surface area contributed by atoms with Crippen molar-refractivity contribution in [2.75, 3.05) is 16.8 Å². The van der Waals surface area contributed by atoms with Gasteiger partial charge in [-0.2, -0.15) is 0 Å². The fourth-order valence-corrected chi connectivity index (χ4v) is 1.22. The largest absolute Gasteiger partial charge is 0.398 e. The predicted octanol–water partition coefficient (Wildman–Crippen LogP) is 1.57. The minimum atomic E-state index is -0.608. The van der Waals surface area contributed by atoms with Gasteiger partial charge in [0.25, 0.3) is 0 Å². The molecule has 0 aliphatic rings. The molecule has 0 fully saturated rings. The smallest absolute Gasteiger partial charge is 0.175 e. The summed E-state index contributed by atoms with van der Waals surface area (Å²) < 4.78 is 12.8. The minimum absolute atomic E-state index is 0.0708. The zero-order chi connectivity index (χ0) is 10.0. The zero-order valence-corrected chi connectivity index (χ0v) is 8.27. The van der Waals surface area contributed by atoms with Crippen molar-refractivity contribution in [3.63, 3.8) is 0 Å². The van der Waals surface area contributed by atoms with Crippen LogP contribution in [0.2, 0.25) is 0 Å². The molecule has 0 spiro atoms. The summed E-state index contributed by atoms with van der Waals surface area (Å²) >= 11 is 2.99. The van der Waals surface area contributed by atoms with Crippen LogP contribution in [0.15, 0.2) is 12.1 Å². The zero-order valence-electron chi connectivity index (χ0n) is 6.68. The van der Waals surface area contributed by atoms with Gasteiger partial charge in [0, 0.05) is 11.3 Å². The molecule has 0 aliphatic carbocycles. The summed E-state index contributed by atoms with van der Waals surface area (Å²) in [6.45, 7) is 0. The molecule has 1 rings (SSSR count). The Morgan fingerprint density at radius 1 is 1.38 bits per heavy atom. The number of carbonyl (C=O) groups excluding carboxylic acids is 1. The van der Waals surface area contributed by atoms with E-state index >= 15 is 0 Å². The Kier molecular flexibility index (Phi) is 2.87. The van der Waals surface area contributed by atoms with Crippen LogP contribution in [-0.2, 0) is 0 Å². The number of nitrogens with two attached hydrogens (primary N) is 2. The van der Waals surface area contributed by atoms with Crippen LogP contribution in [0.4, 0.5) is 15.8 Å². The number of alkyl halides is 1. The fourth-order valence-electron chi connectivity index (χ4n) is 0.919. The topological polar surface area (TPSA) is 69.1 Å². The monoisotopic (exact) mass is 246 g/mol. The number of hydrogen-bond acceptors (Lipinski definition) is 3. The lowest BCUT2D eigenvalue weighted by atomic mass is 10.1. The molecule has 13 heavy (non-hydrogen) atoms. The molecule has 0 radical (unpaired) electrons. The molecule has 0 saturated carbocycles. The molecular formula is C8H8BrFN2O. The lowest BCUT2D eigenvalue weighted by Crippen LogP contribution is -2.07. The average Bonchev–Trinajstić information content (AvgIpc) is 2.10. The maximum atomic E-state index is 12.8. The van der Waals surface area contributed by atoms with Gasteiger partial charge >= 0.3 is 0 Å². The van der Waals surface area contributed by atoms with Crippen LogP contribution in [0, 0.1) is 5.82 Å². The number of rotatable bonds is 2. The first-order chi connectivity index (χ1) is 6.06. The van der Waals surface area contributed by atoms with Crippen molar-refractivity contribution in [3.8, 4) is 0 Å². The second-order valence-corrected chi connectivity index (χ2v) is 3.08. The molecule has 1 aromatic carbocycles. The molecule has 0 saturated heterocycles. The van der Waals surface area contributed by atoms with Gasteiger partial charge in [-0.1, -0.05) is 15.9 Å². The molecule has 0 heterocycles. The second-order valence-electron chi connectivity index (χ2n) is 2.52. The summed E-state index contributed by atoms with van der Waals surface area (Å²) in [6.07, 6.45) is 0. The summed E-state index contributed by atoms with van der Waals surface area (Å²) in [7, 11) is 0. The van der Waals surface area contributed by atoms with Crippen molar-refractivity contribution in [2.24, 2.45) is 0 Å². The number of halogens is 2. The van der Waals surface area contributed by atoms with Gasteiger partial charge in [0.15, 0.2) is 5.78 Å². The van der Waals surface area contributed by atoms with Gasteiger partial charge in [0.1, 0.15) is 5.82 Å². The fraction of sp³-hybridized carbons (Fsp3) is 0.125. The van der Waals surface area contributed by atoms with Gasteiger partial charge in [0.05, 0.1) is 11.0 Å². The van der Waals surface area contributed by atoms with E-state index in [0.717, 1.165) is 6.07 Å². The van der Waals surface area contributed by atoms with Crippen LogP contribution in [0.3, 0.4) is 0 Å². The molecule has 0 aromatic heterocycles. The summed E-state index contributed by atoms with van der Waals surface area (Å²) in [5, 5.41) is 0.141. The third kappa shape index (κ3) is 1.98. The van der Waals surface area contributed by atoms with Gasteiger partial charge in [-0.15, -0.1) is 0 Å². The van der Waals surface area contributed by atoms with Crippen LogP contribution in [0.1, 0.15) is 10.4 Å². The van der Waals surface area contributed by atoms with Gasteiger partial charge in [-0.3, -0.25) is 4.79 Å². The van der Waals surface area contributed by atoms with Crippen LogP contribution >= 0.6 is 15.9 Å². The molecule has 1 aromatic rings. The molecule has 0 amide bonds. The predicted molar refractivity (Wildman–Crippen MR) is 53.3 cm³/mol. The van der Waals surface area contributed by atoms with E-state index in [0.29, 0.717) is 0 Å². The summed E-state index contributed by atoms with van der Waals surface area (Å²) in [5.41, 5.74) is 11.0. The Balaban J connectivity index is 3.23. The van der Waals surface area contributed by atoms with Gasteiger partial charge in [-0.05, 0) is 12.1 Å². The average molecular weight is 247 g/mol. The third-order valence-electron chi connectivity index (χ3n) is 1.59. The van der Waals surface area contributed by atoms with E-state index in [-0.39, 0.29) is 28.1 Å². The highest BCUT2D eigenvalue weighted by atomic mass is 79.9. The quantitative estimate of drug-likeness (QED) is 0.473. The maximum absolute atomic E-state index is 12.8. The highest BCUT2D eigenvalue weighted by molar-refractivity contribution is 9.09. The molecule has 0 aliphatic heterocycles.